The molecule has 5 N–H and O–H groups in total. The summed E-state index contributed by atoms with van der Waals surface area (Å²) in [5.41, 5.74) is 6.93. The second-order valence-corrected chi connectivity index (χ2v) is 7.14. The number of piperidine rings is 1. The number of amidine groups is 1. The summed E-state index contributed by atoms with van der Waals surface area (Å²) in [4.78, 5) is 25.6. The Morgan fingerprint density at radius 3 is 2.48 bits per heavy atom. The van der Waals surface area contributed by atoms with Gasteiger partial charge in [-0.1, -0.05) is 42.5 Å². The van der Waals surface area contributed by atoms with E-state index in [1.54, 1.807) is 30.3 Å². The maximum Gasteiger partial charge on any atom is 0.333 e. The molecule has 1 fully saturated rings. The van der Waals surface area contributed by atoms with Crippen molar-refractivity contribution in [1.29, 1.82) is 5.41 Å². The van der Waals surface area contributed by atoms with Crippen LogP contribution in [0.15, 0.2) is 54.6 Å². The molecule has 1 saturated heterocycles. The van der Waals surface area contributed by atoms with Crippen molar-refractivity contribution < 1.29 is 14.3 Å². The SMILES string of the molecule is N=C(N)c1cccc(C(=O)N[C@@H](C(=O)OCC2CCNCC2)c2ccccc2)c1. The molecule has 152 valence electrons. The summed E-state index contributed by atoms with van der Waals surface area (Å²) in [5.74, 6) is -0.702. The molecule has 7 nitrogen and oxygen atoms in total. The molecule has 7 heteroatoms. The molecule has 0 unspecified atom stereocenters. The van der Waals surface area contributed by atoms with Gasteiger partial charge in [-0.25, -0.2) is 4.79 Å². The van der Waals surface area contributed by atoms with E-state index < -0.39 is 17.9 Å². The smallest absolute Gasteiger partial charge is 0.333 e. The number of ether oxygens (including phenoxy) is 1. The summed E-state index contributed by atoms with van der Waals surface area (Å²) in [7, 11) is 0. The van der Waals surface area contributed by atoms with Crippen LogP contribution in [-0.2, 0) is 9.53 Å². The molecule has 0 aromatic heterocycles. The molecular formula is C22H26N4O3. The number of amides is 1. The number of carbonyl (C=O) groups is 2. The quantitative estimate of drug-likeness (QED) is 0.325. The fourth-order valence-corrected chi connectivity index (χ4v) is 3.30. The second kappa shape index (κ2) is 9.84. The van der Waals surface area contributed by atoms with E-state index in [1.165, 1.54) is 6.07 Å². The van der Waals surface area contributed by atoms with Crippen LogP contribution in [0.2, 0.25) is 0 Å². The lowest BCUT2D eigenvalue weighted by Crippen LogP contribution is -2.36. The highest BCUT2D eigenvalue weighted by molar-refractivity contribution is 6.01. The largest absolute Gasteiger partial charge is 0.464 e. The monoisotopic (exact) mass is 394 g/mol. The van der Waals surface area contributed by atoms with Gasteiger partial charge in [0.15, 0.2) is 6.04 Å². The maximum atomic E-state index is 12.8. The van der Waals surface area contributed by atoms with E-state index in [9.17, 15) is 9.59 Å². The number of benzene rings is 2. The number of rotatable bonds is 7. The molecule has 0 spiro atoms. The van der Waals surface area contributed by atoms with Crippen LogP contribution in [0.5, 0.6) is 0 Å². The average Bonchev–Trinajstić information content (AvgIpc) is 2.77. The molecule has 0 bridgehead atoms. The Hall–Kier alpha value is -3.19. The normalized spacial score (nSPS) is 15.3. The zero-order valence-electron chi connectivity index (χ0n) is 16.2. The topological polar surface area (TPSA) is 117 Å². The Morgan fingerprint density at radius 1 is 1.10 bits per heavy atom. The molecular weight excluding hydrogens is 368 g/mol. The second-order valence-electron chi connectivity index (χ2n) is 7.14. The highest BCUT2D eigenvalue weighted by Gasteiger charge is 2.26. The van der Waals surface area contributed by atoms with Gasteiger partial charge in [0.2, 0.25) is 0 Å². The van der Waals surface area contributed by atoms with Gasteiger partial charge < -0.3 is 21.1 Å². The summed E-state index contributed by atoms with van der Waals surface area (Å²) < 4.78 is 5.56. The minimum Gasteiger partial charge on any atom is -0.464 e. The number of nitrogens with one attached hydrogen (secondary N) is 3. The minimum absolute atomic E-state index is 0.124. The number of esters is 1. The van der Waals surface area contributed by atoms with Crippen LogP contribution in [-0.4, -0.2) is 37.4 Å². The summed E-state index contributed by atoms with van der Waals surface area (Å²) in [5, 5.41) is 13.6. The maximum absolute atomic E-state index is 12.8. The standard InChI is InChI=1S/C22H26N4O3/c23-20(24)17-7-4-8-18(13-17)21(27)26-19(16-5-2-1-3-6-16)22(28)29-14-15-9-11-25-12-10-15/h1-8,13,15,19,25H,9-12,14H2,(H3,23,24)(H,26,27)/t19-/m1/s1. The number of carbonyl (C=O) groups excluding carboxylic acids is 2. The molecule has 0 radical (unpaired) electrons. The van der Waals surface area contributed by atoms with Crippen LogP contribution >= 0.6 is 0 Å². The number of nitrogens with two attached hydrogens (primary N) is 1. The molecule has 2 aromatic carbocycles. The Bertz CT molecular complexity index is 863. The van der Waals surface area contributed by atoms with Crippen LogP contribution in [0.4, 0.5) is 0 Å². The summed E-state index contributed by atoms with van der Waals surface area (Å²) in [6.45, 7) is 2.20. The van der Waals surface area contributed by atoms with Crippen LogP contribution in [0.3, 0.4) is 0 Å². The van der Waals surface area contributed by atoms with Gasteiger partial charge in [0.05, 0.1) is 6.61 Å². The third kappa shape index (κ3) is 5.65. The van der Waals surface area contributed by atoms with Crippen molar-refractivity contribution in [2.45, 2.75) is 18.9 Å². The fraction of sp³-hybridized carbons (Fsp3) is 0.318. The molecule has 0 saturated carbocycles. The van der Waals surface area contributed by atoms with E-state index in [1.807, 2.05) is 18.2 Å². The van der Waals surface area contributed by atoms with Gasteiger partial charge >= 0.3 is 5.97 Å². The van der Waals surface area contributed by atoms with Gasteiger partial charge in [-0.2, -0.15) is 0 Å². The molecule has 1 amide bonds. The molecule has 1 atom stereocenters. The molecule has 1 aliphatic heterocycles. The zero-order valence-corrected chi connectivity index (χ0v) is 16.2. The Labute approximate surface area is 170 Å². The third-order valence-electron chi connectivity index (χ3n) is 5.00. The first kappa shape index (κ1) is 20.5. The predicted molar refractivity (Wildman–Crippen MR) is 111 cm³/mol. The fourth-order valence-electron chi connectivity index (χ4n) is 3.30. The summed E-state index contributed by atoms with van der Waals surface area (Å²) >= 11 is 0. The van der Waals surface area contributed by atoms with E-state index in [-0.39, 0.29) is 5.84 Å². The van der Waals surface area contributed by atoms with Gasteiger partial charge in [0.1, 0.15) is 5.84 Å². The first-order valence-corrected chi connectivity index (χ1v) is 9.72. The lowest BCUT2D eigenvalue weighted by atomic mass is 9.99. The lowest BCUT2D eigenvalue weighted by Gasteiger charge is -2.24. The van der Waals surface area contributed by atoms with Gasteiger partial charge in [0.25, 0.3) is 5.91 Å². The van der Waals surface area contributed by atoms with E-state index in [2.05, 4.69) is 10.6 Å². The molecule has 1 aliphatic rings. The van der Waals surface area contributed by atoms with Crippen molar-refractivity contribution >= 4 is 17.7 Å². The van der Waals surface area contributed by atoms with Crippen LogP contribution in [0, 0.1) is 11.3 Å². The van der Waals surface area contributed by atoms with Crippen molar-refractivity contribution in [1.82, 2.24) is 10.6 Å². The highest BCUT2D eigenvalue weighted by atomic mass is 16.5. The third-order valence-corrected chi connectivity index (χ3v) is 5.00. The van der Waals surface area contributed by atoms with Crippen molar-refractivity contribution in [3.8, 4) is 0 Å². The van der Waals surface area contributed by atoms with E-state index >= 15 is 0 Å². The van der Waals surface area contributed by atoms with Gasteiger partial charge in [-0.05, 0) is 49.5 Å². The first-order chi connectivity index (χ1) is 14.0. The van der Waals surface area contributed by atoms with Gasteiger partial charge in [-0.3, -0.25) is 10.2 Å². The zero-order chi connectivity index (χ0) is 20.6. The minimum atomic E-state index is -0.911. The molecule has 0 aliphatic carbocycles. The Kier molecular flexibility index (Phi) is 6.97. The van der Waals surface area contributed by atoms with Crippen LogP contribution in [0.25, 0.3) is 0 Å². The van der Waals surface area contributed by atoms with Crippen LogP contribution in [0.1, 0.15) is 40.4 Å². The Morgan fingerprint density at radius 2 is 1.79 bits per heavy atom. The molecule has 29 heavy (non-hydrogen) atoms. The number of hydrogen-bond donors (Lipinski definition) is 4. The van der Waals surface area contributed by atoms with Gasteiger partial charge in [0, 0.05) is 11.1 Å². The predicted octanol–water partition coefficient (Wildman–Crippen LogP) is 1.98. The van der Waals surface area contributed by atoms with Crippen molar-refractivity contribution in [2.24, 2.45) is 11.7 Å². The van der Waals surface area contributed by atoms with E-state index in [0.29, 0.717) is 29.2 Å². The molecule has 1 heterocycles. The summed E-state index contributed by atoms with van der Waals surface area (Å²) in [6, 6.07) is 14.6. The average molecular weight is 394 g/mol. The lowest BCUT2D eigenvalue weighted by molar-refractivity contribution is -0.147. The Balaban J connectivity index is 1.73. The van der Waals surface area contributed by atoms with Crippen molar-refractivity contribution in [2.75, 3.05) is 19.7 Å². The number of nitrogen functional groups attached to an aromatic ring is 1. The molecule has 3 rings (SSSR count). The molecule has 2 aromatic rings. The number of hydrogen-bond acceptors (Lipinski definition) is 5. The summed E-state index contributed by atoms with van der Waals surface area (Å²) in [6.07, 6.45) is 1.93. The van der Waals surface area contributed by atoms with E-state index in [4.69, 9.17) is 15.9 Å². The van der Waals surface area contributed by atoms with Crippen LogP contribution < -0.4 is 16.4 Å². The first-order valence-electron chi connectivity index (χ1n) is 9.72. The highest BCUT2D eigenvalue weighted by Crippen LogP contribution is 2.18. The van der Waals surface area contributed by atoms with E-state index in [0.717, 1.165) is 25.9 Å². The van der Waals surface area contributed by atoms with Gasteiger partial charge in [-0.15, -0.1) is 0 Å². The van der Waals surface area contributed by atoms with Crippen molar-refractivity contribution in [3.05, 3.63) is 71.3 Å². The van der Waals surface area contributed by atoms with Crippen molar-refractivity contribution in [3.63, 3.8) is 0 Å².